The van der Waals surface area contributed by atoms with Crippen LogP contribution in [0, 0.1) is 6.92 Å². The molecule has 2 aromatic rings. The van der Waals surface area contributed by atoms with Crippen LogP contribution in [0.2, 0.25) is 0 Å². The van der Waals surface area contributed by atoms with E-state index in [1.807, 2.05) is 42.7 Å². The first-order valence-corrected chi connectivity index (χ1v) is 6.76. The summed E-state index contributed by atoms with van der Waals surface area (Å²) in [5.74, 6) is -0.0890. The summed E-state index contributed by atoms with van der Waals surface area (Å²) in [6.45, 7) is 5.76. The van der Waals surface area contributed by atoms with Gasteiger partial charge in [0.1, 0.15) is 5.69 Å². The first-order valence-electron chi connectivity index (χ1n) is 6.76. The van der Waals surface area contributed by atoms with Gasteiger partial charge in [0.05, 0.1) is 6.33 Å². The smallest absolute Gasteiger partial charge is 0.278 e. The van der Waals surface area contributed by atoms with E-state index in [-0.39, 0.29) is 5.91 Å². The van der Waals surface area contributed by atoms with Crippen molar-refractivity contribution in [3.8, 4) is 0 Å². The molecule has 5 nitrogen and oxygen atoms in total. The quantitative estimate of drug-likeness (QED) is 0.903. The lowest BCUT2D eigenvalue weighted by atomic mass is 10.2. The monoisotopic (exact) mass is 272 g/mol. The van der Waals surface area contributed by atoms with E-state index in [0.29, 0.717) is 25.3 Å². The van der Waals surface area contributed by atoms with Gasteiger partial charge in [-0.05, 0) is 31.5 Å². The number of aromatic nitrogens is 2. The Morgan fingerprint density at radius 1 is 1.45 bits per heavy atom. The number of amides is 1. The van der Waals surface area contributed by atoms with Crippen LogP contribution in [0.1, 0.15) is 23.0 Å². The summed E-state index contributed by atoms with van der Waals surface area (Å²) in [4.78, 5) is 18.4. The first-order chi connectivity index (χ1) is 9.65. The Kier molecular flexibility index (Phi) is 4.53. The molecule has 0 fully saturated rings. The summed E-state index contributed by atoms with van der Waals surface area (Å²) < 4.78 is 1.83. The van der Waals surface area contributed by atoms with Gasteiger partial charge in [-0.3, -0.25) is 4.79 Å². The maximum Gasteiger partial charge on any atom is 0.278 e. The van der Waals surface area contributed by atoms with E-state index in [4.69, 9.17) is 5.73 Å². The molecule has 0 bridgehead atoms. The van der Waals surface area contributed by atoms with Gasteiger partial charge in [-0.1, -0.05) is 12.1 Å². The largest absolute Gasteiger partial charge is 0.335 e. The molecule has 0 aliphatic heterocycles. The lowest BCUT2D eigenvalue weighted by molar-refractivity contribution is 0.0984. The SMILES string of the molecule is CCN(C(=O)c1cn(CCN)cn1)c1cccc(C)c1. The molecule has 20 heavy (non-hydrogen) atoms. The third kappa shape index (κ3) is 3.05. The molecule has 0 radical (unpaired) electrons. The second-order valence-electron chi connectivity index (χ2n) is 4.67. The number of anilines is 1. The number of nitrogens with two attached hydrogens (primary N) is 1. The van der Waals surface area contributed by atoms with Crippen molar-refractivity contribution in [1.82, 2.24) is 9.55 Å². The highest BCUT2D eigenvalue weighted by molar-refractivity contribution is 6.04. The lowest BCUT2D eigenvalue weighted by Gasteiger charge is -2.20. The highest BCUT2D eigenvalue weighted by Gasteiger charge is 2.18. The molecule has 0 saturated heterocycles. The molecule has 2 N–H and O–H groups in total. The second-order valence-corrected chi connectivity index (χ2v) is 4.67. The maximum absolute atomic E-state index is 12.5. The van der Waals surface area contributed by atoms with Crippen molar-refractivity contribution in [2.24, 2.45) is 5.73 Å². The summed E-state index contributed by atoms with van der Waals surface area (Å²) in [7, 11) is 0. The van der Waals surface area contributed by atoms with Crippen LogP contribution in [-0.4, -0.2) is 28.5 Å². The molecule has 106 valence electrons. The van der Waals surface area contributed by atoms with Crippen molar-refractivity contribution in [3.63, 3.8) is 0 Å². The summed E-state index contributed by atoms with van der Waals surface area (Å²) in [6.07, 6.45) is 3.39. The molecular formula is C15H20N4O. The molecule has 0 unspecified atom stereocenters. The van der Waals surface area contributed by atoms with Crippen molar-refractivity contribution in [2.75, 3.05) is 18.0 Å². The predicted octanol–water partition coefficient (Wildman–Crippen LogP) is 1.82. The number of hydrogen-bond donors (Lipinski definition) is 1. The Morgan fingerprint density at radius 3 is 2.90 bits per heavy atom. The van der Waals surface area contributed by atoms with Gasteiger partial charge >= 0.3 is 0 Å². The summed E-state index contributed by atoms with van der Waals surface area (Å²) in [6, 6.07) is 7.90. The minimum absolute atomic E-state index is 0.0890. The third-order valence-corrected chi connectivity index (χ3v) is 3.11. The topological polar surface area (TPSA) is 64.2 Å². The standard InChI is InChI=1S/C15H20N4O/c1-3-19(13-6-4-5-12(2)9-13)15(20)14-10-18(8-7-16)11-17-14/h4-6,9-11H,3,7-8,16H2,1-2H3. The Morgan fingerprint density at radius 2 is 2.25 bits per heavy atom. The van der Waals surface area contributed by atoms with Crippen LogP contribution in [0.25, 0.3) is 0 Å². The van der Waals surface area contributed by atoms with Crippen LogP contribution < -0.4 is 10.6 Å². The molecule has 0 aliphatic rings. The molecule has 1 heterocycles. The van der Waals surface area contributed by atoms with E-state index in [1.165, 1.54) is 0 Å². The van der Waals surface area contributed by atoms with Gasteiger partial charge < -0.3 is 15.2 Å². The number of rotatable bonds is 5. The van der Waals surface area contributed by atoms with E-state index in [0.717, 1.165) is 11.3 Å². The number of carbonyl (C=O) groups is 1. The zero-order chi connectivity index (χ0) is 14.5. The zero-order valence-corrected chi connectivity index (χ0v) is 11.9. The molecule has 2 rings (SSSR count). The van der Waals surface area contributed by atoms with Crippen molar-refractivity contribution in [3.05, 3.63) is 48.0 Å². The van der Waals surface area contributed by atoms with Crippen LogP contribution in [0.3, 0.4) is 0 Å². The number of hydrogen-bond acceptors (Lipinski definition) is 3. The predicted molar refractivity (Wildman–Crippen MR) is 79.8 cm³/mol. The minimum Gasteiger partial charge on any atom is -0.335 e. The molecule has 1 amide bonds. The second kappa shape index (κ2) is 6.34. The van der Waals surface area contributed by atoms with Gasteiger partial charge in [0.25, 0.3) is 5.91 Å². The van der Waals surface area contributed by atoms with E-state index < -0.39 is 0 Å². The Bertz CT molecular complexity index is 591. The van der Waals surface area contributed by atoms with Crippen molar-refractivity contribution in [1.29, 1.82) is 0 Å². The highest BCUT2D eigenvalue weighted by Crippen LogP contribution is 2.18. The zero-order valence-electron chi connectivity index (χ0n) is 11.9. The van der Waals surface area contributed by atoms with Gasteiger partial charge in [-0.15, -0.1) is 0 Å². The molecule has 5 heteroatoms. The number of carbonyl (C=O) groups excluding carboxylic acids is 1. The molecule has 1 aromatic heterocycles. The first kappa shape index (κ1) is 14.3. The Labute approximate surface area is 119 Å². The average molecular weight is 272 g/mol. The van der Waals surface area contributed by atoms with Gasteiger partial charge in [0, 0.05) is 31.5 Å². The number of aryl methyl sites for hydroxylation is 1. The van der Waals surface area contributed by atoms with Gasteiger partial charge in [-0.2, -0.15) is 0 Å². The van der Waals surface area contributed by atoms with Crippen LogP contribution in [0.15, 0.2) is 36.8 Å². The number of benzene rings is 1. The third-order valence-electron chi connectivity index (χ3n) is 3.11. The van der Waals surface area contributed by atoms with Crippen molar-refractivity contribution in [2.45, 2.75) is 20.4 Å². The fourth-order valence-electron chi connectivity index (χ4n) is 2.12. The van der Waals surface area contributed by atoms with Gasteiger partial charge in [0.15, 0.2) is 0 Å². The molecule has 1 aromatic carbocycles. The van der Waals surface area contributed by atoms with Gasteiger partial charge in [0.2, 0.25) is 0 Å². The fraction of sp³-hybridized carbons (Fsp3) is 0.333. The van der Waals surface area contributed by atoms with Crippen molar-refractivity contribution < 1.29 is 4.79 Å². The van der Waals surface area contributed by atoms with Gasteiger partial charge in [-0.25, -0.2) is 4.98 Å². The Balaban J connectivity index is 2.24. The van der Waals surface area contributed by atoms with Crippen molar-refractivity contribution >= 4 is 11.6 Å². The van der Waals surface area contributed by atoms with E-state index in [2.05, 4.69) is 4.98 Å². The van der Waals surface area contributed by atoms with Crippen LogP contribution in [-0.2, 0) is 6.54 Å². The van der Waals surface area contributed by atoms with Crippen LogP contribution >= 0.6 is 0 Å². The fourth-order valence-corrected chi connectivity index (χ4v) is 2.12. The molecule has 0 atom stereocenters. The van der Waals surface area contributed by atoms with E-state index in [1.54, 1.807) is 17.4 Å². The van der Waals surface area contributed by atoms with Crippen LogP contribution in [0.5, 0.6) is 0 Å². The minimum atomic E-state index is -0.0890. The highest BCUT2D eigenvalue weighted by atomic mass is 16.2. The lowest BCUT2D eigenvalue weighted by Crippen LogP contribution is -2.30. The van der Waals surface area contributed by atoms with Crippen LogP contribution in [0.4, 0.5) is 5.69 Å². The maximum atomic E-state index is 12.5. The molecular weight excluding hydrogens is 252 g/mol. The molecule has 0 saturated carbocycles. The molecule has 0 spiro atoms. The summed E-state index contributed by atoms with van der Waals surface area (Å²) >= 11 is 0. The normalized spacial score (nSPS) is 10.6. The van der Waals surface area contributed by atoms with E-state index >= 15 is 0 Å². The number of nitrogens with zero attached hydrogens (tertiary/aromatic N) is 3. The summed E-state index contributed by atoms with van der Waals surface area (Å²) in [5.41, 5.74) is 7.96. The molecule has 0 aliphatic carbocycles. The Hall–Kier alpha value is -2.14. The summed E-state index contributed by atoms with van der Waals surface area (Å²) in [5, 5.41) is 0. The number of imidazole rings is 1. The average Bonchev–Trinajstić information content (AvgIpc) is 2.89. The van der Waals surface area contributed by atoms with E-state index in [9.17, 15) is 4.79 Å².